The van der Waals surface area contributed by atoms with E-state index in [9.17, 15) is 0 Å². The summed E-state index contributed by atoms with van der Waals surface area (Å²) in [6.07, 6.45) is 1.76. The van der Waals surface area contributed by atoms with Crippen molar-refractivity contribution in [1.82, 2.24) is 4.90 Å². The highest BCUT2D eigenvalue weighted by molar-refractivity contribution is 6.33. The standard InChI is InChI=1S/C18H22ClN3O/c1-5-22(3)12-20-16-11-18(23-4)17(10-15(16)19)21-14-8-6-7-13(2)9-14/h6-12,21H,5H2,1-4H3. The van der Waals surface area contributed by atoms with Gasteiger partial charge in [-0.2, -0.15) is 0 Å². The van der Waals surface area contributed by atoms with Gasteiger partial charge in [0.1, 0.15) is 5.75 Å². The molecule has 0 saturated heterocycles. The lowest BCUT2D eigenvalue weighted by molar-refractivity contribution is 0.417. The van der Waals surface area contributed by atoms with Crippen LogP contribution in [0.4, 0.5) is 17.1 Å². The molecule has 0 heterocycles. The number of rotatable bonds is 6. The largest absolute Gasteiger partial charge is 0.494 e. The first-order chi connectivity index (χ1) is 11.0. The number of benzene rings is 2. The third kappa shape index (κ3) is 4.63. The first-order valence-electron chi connectivity index (χ1n) is 7.49. The van der Waals surface area contributed by atoms with Crippen LogP contribution in [0.2, 0.25) is 5.02 Å². The summed E-state index contributed by atoms with van der Waals surface area (Å²) < 4.78 is 5.47. The van der Waals surface area contributed by atoms with Gasteiger partial charge in [-0.15, -0.1) is 0 Å². The second-order valence-electron chi connectivity index (χ2n) is 5.32. The number of aliphatic imine (C=N–C) groups is 1. The Morgan fingerprint density at radius 2 is 2.09 bits per heavy atom. The maximum absolute atomic E-state index is 6.35. The summed E-state index contributed by atoms with van der Waals surface area (Å²) >= 11 is 6.35. The molecule has 4 nitrogen and oxygen atoms in total. The zero-order chi connectivity index (χ0) is 16.8. The first kappa shape index (κ1) is 17.2. The molecule has 0 saturated carbocycles. The van der Waals surface area contributed by atoms with Crippen LogP contribution in [-0.2, 0) is 0 Å². The molecule has 0 aliphatic rings. The number of hydrogen-bond donors (Lipinski definition) is 1. The summed E-state index contributed by atoms with van der Waals surface area (Å²) in [5, 5.41) is 3.91. The second-order valence-corrected chi connectivity index (χ2v) is 5.72. The maximum Gasteiger partial charge on any atom is 0.144 e. The second kappa shape index (κ2) is 7.88. The van der Waals surface area contributed by atoms with Crippen LogP contribution in [0, 0.1) is 6.92 Å². The topological polar surface area (TPSA) is 36.9 Å². The summed E-state index contributed by atoms with van der Waals surface area (Å²) in [5.74, 6) is 0.696. The van der Waals surface area contributed by atoms with E-state index in [1.807, 2.05) is 36.2 Å². The average molecular weight is 332 g/mol. The molecule has 0 radical (unpaired) electrons. The lowest BCUT2D eigenvalue weighted by Gasteiger charge is -2.14. The molecule has 5 heteroatoms. The van der Waals surface area contributed by atoms with Gasteiger partial charge in [-0.1, -0.05) is 23.7 Å². The van der Waals surface area contributed by atoms with Gasteiger partial charge in [-0.05, 0) is 37.6 Å². The van der Waals surface area contributed by atoms with Crippen molar-refractivity contribution in [1.29, 1.82) is 0 Å². The lowest BCUT2D eigenvalue weighted by atomic mass is 10.2. The van der Waals surface area contributed by atoms with E-state index in [2.05, 4.69) is 36.3 Å². The van der Waals surface area contributed by atoms with Crippen LogP contribution in [0.25, 0.3) is 0 Å². The quantitative estimate of drug-likeness (QED) is 0.597. The molecule has 0 spiro atoms. The Kier molecular flexibility index (Phi) is 5.88. The summed E-state index contributed by atoms with van der Waals surface area (Å²) in [5.41, 5.74) is 3.66. The molecule has 2 aromatic carbocycles. The number of nitrogens with zero attached hydrogens (tertiary/aromatic N) is 2. The van der Waals surface area contributed by atoms with Crippen LogP contribution in [-0.4, -0.2) is 31.9 Å². The average Bonchev–Trinajstić information content (AvgIpc) is 2.53. The molecule has 122 valence electrons. The smallest absolute Gasteiger partial charge is 0.144 e. The normalized spacial score (nSPS) is 10.8. The van der Waals surface area contributed by atoms with Gasteiger partial charge in [0.15, 0.2) is 0 Å². The fourth-order valence-electron chi connectivity index (χ4n) is 2.03. The van der Waals surface area contributed by atoms with Crippen molar-refractivity contribution in [2.45, 2.75) is 13.8 Å². The lowest BCUT2D eigenvalue weighted by Crippen LogP contribution is -2.14. The Morgan fingerprint density at radius 3 is 2.74 bits per heavy atom. The molecule has 0 aromatic heterocycles. The highest BCUT2D eigenvalue weighted by Crippen LogP contribution is 2.37. The molecule has 0 fully saturated rings. The molecule has 0 bridgehead atoms. The number of halogens is 1. The van der Waals surface area contributed by atoms with E-state index < -0.39 is 0 Å². The zero-order valence-corrected chi connectivity index (χ0v) is 14.7. The summed E-state index contributed by atoms with van der Waals surface area (Å²) in [6, 6.07) is 11.8. The van der Waals surface area contributed by atoms with Crippen LogP contribution in [0.3, 0.4) is 0 Å². The van der Waals surface area contributed by atoms with E-state index in [-0.39, 0.29) is 0 Å². The van der Waals surface area contributed by atoms with Gasteiger partial charge in [0, 0.05) is 25.3 Å². The van der Waals surface area contributed by atoms with Crippen LogP contribution >= 0.6 is 11.6 Å². The molecule has 0 atom stereocenters. The van der Waals surface area contributed by atoms with Crippen molar-refractivity contribution in [2.24, 2.45) is 4.99 Å². The molecule has 0 aliphatic carbocycles. The van der Waals surface area contributed by atoms with Crippen LogP contribution in [0.1, 0.15) is 12.5 Å². The monoisotopic (exact) mass is 331 g/mol. The SMILES string of the molecule is CCN(C)C=Nc1cc(OC)c(Nc2cccc(C)c2)cc1Cl. The first-order valence-corrected chi connectivity index (χ1v) is 7.87. The third-order valence-electron chi connectivity index (χ3n) is 3.46. The summed E-state index contributed by atoms with van der Waals surface area (Å²) in [7, 11) is 3.60. The Bertz CT molecular complexity index is 701. The van der Waals surface area contributed by atoms with Gasteiger partial charge in [0.2, 0.25) is 0 Å². The minimum absolute atomic E-state index is 0.571. The Labute approximate surface area is 142 Å². The van der Waals surface area contributed by atoms with Crippen molar-refractivity contribution in [3.8, 4) is 5.75 Å². The third-order valence-corrected chi connectivity index (χ3v) is 3.76. The van der Waals surface area contributed by atoms with Crippen molar-refractivity contribution in [3.05, 3.63) is 47.0 Å². The van der Waals surface area contributed by atoms with E-state index in [1.165, 1.54) is 5.56 Å². The van der Waals surface area contributed by atoms with E-state index in [0.717, 1.165) is 17.9 Å². The Morgan fingerprint density at radius 1 is 1.30 bits per heavy atom. The van der Waals surface area contributed by atoms with E-state index in [1.54, 1.807) is 13.4 Å². The van der Waals surface area contributed by atoms with Crippen molar-refractivity contribution < 1.29 is 4.74 Å². The zero-order valence-electron chi connectivity index (χ0n) is 13.9. The van der Waals surface area contributed by atoms with Gasteiger partial charge >= 0.3 is 0 Å². The number of ether oxygens (including phenoxy) is 1. The summed E-state index contributed by atoms with van der Waals surface area (Å²) in [4.78, 5) is 6.38. The number of hydrogen-bond acceptors (Lipinski definition) is 3. The van der Waals surface area contributed by atoms with Gasteiger partial charge < -0.3 is 15.0 Å². The molecule has 0 aliphatic heterocycles. The molecule has 0 unspecified atom stereocenters. The number of anilines is 2. The fourth-order valence-corrected chi connectivity index (χ4v) is 2.24. The molecular formula is C18H22ClN3O. The van der Waals surface area contributed by atoms with Crippen molar-refractivity contribution >= 4 is 35.0 Å². The fraction of sp³-hybridized carbons (Fsp3) is 0.278. The van der Waals surface area contributed by atoms with Crippen molar-refractivity contribution in [2.75, 3.05) is 26.0 Å². The predicted octanol–water partition coefficient (Wildman–Crippen LogP) is 5.01. The molecular weight excluding hydrogens is 310 g/mol. The molecule has 2 aromatic rings. The number of methoxy groups -OCH3 is 1. The molecule has 23 heavy (non-hydrogen) atoms. The Balaban J connectivity index is 2.31. The van der Waals surface area contributed by atoms with Gasteiger partial charge in [-0.25, -0.2) is 4.99 Å². The molecule has 2 rings (SSSR count). The number of nitrogens with one attached hydrogen (secondary N) is 1. The highest BCUT2D eigenvalue weighted by atomic mass is 35.5. The van der Waals surface area contributed by atoms with Gasteiger partial charge in [-0.3, -0.25) is 0 Å². The number of aryl methyl sites for hydroxylation is 1. The molecule has 0 amide bonds. The van der Waals surface area contributed by atoms with E-state index in [4.69, 9.17) is 16.3 Å². The minimum atomic E-state index is 0.571. The summed E-state index contributed by atoms with van der Waals surface area (Å²) in [6.45, 7) is 4.99. The molecule has 1 N–H and O–H groups in total. The predicted molar refractivity (Wildman–Crippen MR) is 98.9 cm³/mol. The van der Waals surface area contributed by atoms with Gasteiger partial charge in [0.25, 0.3) is 0 Å². The van der Waals surface area contributed by atoms with Crippen LogP contribution < -0.4 is 10.1 Å². The van der Waals surface area contributed by atoms with Gasteiger partial charge in [0.05, 0.1) is 29.8 Å². The van der Waals surface area contributed by atoms with Crippen LogP contribution in [0.5, 0.6) is 5.75 Å². The maximum atomic E-state index is 6.35. The van der Waals surface area contributed by atoms with E-state index in [0.29, 0.717) is 16.5 Å². The Hall–Kier alpha value is -2.20. The van der Waals surface area contributed by atoms with Crippen molar-refractivity contribution in [3.63, 3.8) is 0 Å². The minimum Gasteiger partial charge on any atom is -0.494 e. The van der Waals surface area contributed by atoms with E-state index >= 15 is 0 Å². The highest BCUT2D eigenvalue weighted by Gasteiger charge is 2.09. The van der Waals surface area contributed by atoms with Crippen LogP contribution in [0.15, 0.2) is 41.4 Å².